The number of nitrogens with one attached hydrogen (secondary N) is 1. The van der Waals surface area contributed by atoms with E-state index in [0.29, 0.717) is 11.8 Å². The van der Waals surface area contributed by atoms with Crippen LogP contribution in [0.25, 0.3) is 0 Å². The van der Waals surface area contributed by atoms with E-state index in [-0.39, 0.29) is 0 Å². The summed E-state index contributed by atoms with van der Waals surface area (Å²) in [5.74, 6) is 0.291. The number of fused-ring (bicyclic) bond motifs is 1. The molecule has 0 spiro atoms. The second-order valence-electron chi connectivity index (χ2n) is 4.63. The lowest BCUT2D eigenvalue weighted by Crippen LogP contribution is -2.06. The molecule has 2 aromatic rings. The highest BCUT2D eigenvalue weighted by Gasteiger charge is 2.22. The Morgan fingerprint density at radius 1 is 1.11 bits per heavy atom. The summed E-state index contributed by atoms with van der Waals surface area (Å²) < 4.78 is 0. The highest BCUT2D eigenvalue weighted by atomic mass is 35.5. The Bertz CT molecular complexity index is 565. The standard InChI is InChI=1S/C15H14ClNO/c16-11-2-7-14-10(9-11)1-8-15(14)17-12-3-5-13(18)6-4-12/h2-7,9,15,17-18H,1,8H2. The zero-order valence-corrected chi connectivity index (χ0v) is 10.6. The summed E-state index contributed by atoms with van der Waals surface area (Å²) in [5.41, 5.74) is 3.69. The van der Waals surface area contributed by atoms with Crippen molar-refractivity contribution in [2.75, 3.05) is 5.32 Å². The molecule has 0 aromatic heterocycles. The molecule has 2 N–H and O–H groups in total. The molecule has 2 nitrogen and oxygen atoms in total. The van der Waals surface area contributed by atoms with Crippen molar-refractivity contribution in [1.29, 1.82) is 0 Å². The van der Waals surface area contributed by atoms with Crippen LogP contribution in [0, 0.1) is 0 Å². The summed E-state index contributed by atoms with van der Waals surface area (Å²) in [6.45, 7) is 0. The van der Waals surface area contributed by atoms with Gasteiger partial charge in [-0.2, -0.15) is 0 Å². The van der Waals surface area contributed by atoms with Gasteiger partial charge in [0, 0.05) is 10.7 Å². The summed E-state index contributed by atoms with van der Waals surface area (Å²) >= 11 is 6.00. The Kier molecular flexibility index (Phi) is 2.88. The van der Waals surface area contributed by atoms with Crippen LogP contribution >= 0.6 is 11.6 Å². The number of phenolic OH excluding ortho intramolecular Hbond substituents is 1. The van der Waals surface area contributed by atoms with E-state index in [4.69, 9.17) is 11.6 Å². The molecule has 0 amide bonds. The first-order valence-electron chi connectivity index (χ1n) is 6.06. The van der Waals surface area contributed by atoms with Crippen molar-refractivity contribution < 1.29 is 5.11 Å². The van der Waals surface area contributed by atoms with Crippen LogP contribution in [0.5, 0.6) is 5.75 Å². The number of hydrogen-bond donors (Lipinski definition) is 2. The first-order valence-corrected chi connectivity index (χ1v) is 6.44. The minimum absolute atomic E-state index is 0.291. The maximum absolute atomic E-state index is 9.26. The van der Waals surface area contributed by atoms with E-state index < -0.39 is 0 Å². The Hall–Kier alpha value is -1.67. The molecular formula is C15H14ClNO. The van der Waals surface area contributed by atoms with Crippen molar-refractivity contribution in [1.82, 2.24) is 0 Å². The Morgan fingerprint density at radius 2 is 1.89 bits per heavy atom. The van der Waals surface area contributed by atoms with Crippen molar-refractivity contribution in [2.24, 2.45) is 0 Å². The van der Waals surface area contributed by atoms with Crippen molar-refractivity contribution >= 4 is 17.3 Å². The molecule has 3 rings (SSSR count). The first kappa shape index (κ1) is 11.4. The third-order valence-corrected chi connectivity index (χ3v) is 3.63. The van der Waals surface area contributed by atoms with E-state index in [9.17, 15) is 5.11 Å². The minimum atomic E-state index is 0.291. The number of halogens is 1. The van der Waals surface area contributed by atoms with Crippen LogP contribution in [-0.4, -0.2) is 5.11 Å². The zero-order valence-electron chi connectivity index (χ0n) is 9.86. The number of rotatable bonds is 2. The van der Waals surface area contributed by atoms with Gasteiger partial charge in [0.2, 0.25) is 0 Å². The average Bonchev–Trinajstić information content (AvgIpc) is 2.74. The maximum Gasteiger partial charge on any atom is 0.115 e. The fourth-order valence-corrected chi connectivity index (χ4v) is 2.69. The molecule has 1 atom stereocenters. The number of aryl methyl sites for hydroxylation is 1. The highest BCUT2D eigenvalue weighted by Crippen LogP contribution is 2.35. The molecule has 0 radical (unpaired) electrons. The smallest absolute Gasteiger partial charge is 0.115 e. The van der Waals surface area contributed by atoms with Gasteiger partial charge in [0.25, 0.3) is 0 Å². The van der Waals surface area contributed by atoms with E-state index in [1.165, 1.54) is 11.1 Å². The van der Waals surface area contributed by atoms with E-state index in [0.717, 1.165) is 23.6 Å². The molecular weight excluding hydrogens is 246 g/mol. The molecule has 92 valence electrons. The molecule has 2 aromatic carbocycles. The normalized spacial score (nSPS) is 17.5. The molecule has 1 aliphatic rings. The molecule has 3 heteroatoms. The van der Waals surface area contributed by atoms with E-state index >= 15 is 0 Å². The largest absolute Gasteiger partial charge is 0.508 e. The predicted octanol–water partition coefficient (Wildman–Crippen LogP) is 4.15. The molecule has 0 aliphatic heterocycles. The SMILES string of the molecule is Oc1ccc(NC2CCc3cc(Cl)ccc32)cc1. The minimum Gasteiger partial charge on any atom is -0.508 e. The van der Waals surface area contributed by atoms with Crippen molar-refractivity contribution in [2.45, 2.75) is 18.9 Å². The van der Waals surface area contributed by atoms with Crippen LogP contribution in [-0.2, 0) is 6.42 Å². The van der Waals surface area contributed by atoms with Gasteiger partial charge in [-0.05, 0) is 60.4 Å². The Balaban J connectivity index is 1.82. The second-order valence-corrected chi connectivity index (χ2v) is 5.06. The molecule has 1 unspecified atom stereocenters. The molecule has 0 fully saturated rings. The first-order chi connectivity index (χ1) is 8.72. The van der Waals surface area contributed by atoms with Crippen LogP contribution in [0.2, 0.25) is 5.02 Å². The van der Waals surface area contributed by atoms with Crippen molar-refractivity contribution in [3.8, 4) is 5.75 Å². The quantitative estimate of drug-likeness (QED) is 0.795. The van der Waals surface area contributed by atoms with Gasteiger partial charge in [0.1, 0.15) is 5.75 Å². The van der Waals surface area contributed by atoms with E-state index in [2.05, 4.69) is 17.4 Å². The summed E-state index contributed by atoms with van der Waals surface area (Å²) in [5, 5.41) is 13.6. The number of benzene rings is 2. The van der Waals surface area contributed by atoms with Gasteiger partial charge in [-0.1, -0.05) is 17.7 Å². The summed E-state index contributed by atoms with van der Waals surface area (Å²) in [6, 6.07) is 13.6. The molecule has 18 heavy (non-hydrogen) atoms. The predicted molar refractivity (Wildman–Crippen MR) is 74.2 cm³/mol. The van der Waals surface area contributed by atoms with Crippen LogP contribution < -0.4 is 5.32 Å². The van der Waals surface area contributed by atoms with Gasteiger partial charge < -0.3 is 10.4 Å². The zero-order chi connectivity index (χ0) is 12.5. The van der Waals surface area contributed by atoms with Crippen molar-refractivity contribution in [3.05, 3.63) is 58.6 Å². The van der Waals surface area contributed by atoms with E-state index in [1.807, 2.05) is 18.2 Å². The third kappa shape index (κ3) is 2.16. The van der Waals surface area contributed by atoms with Gasteiger partial charge in [0.05, 0.1) is 6.04 Å². The topological polar surface area (TPSA) is 32.3 Å². The lowest BCUT2D eigenvalue weighted by atomic mass is 10.1. The average molecular weight is 260 g/mol. The molecule has 0 saturated carbocycles. The fraction of sp³-hybridized carbons (Fsp3) is 0.200. The Morgan fingerprint density at radius 3 is 2.67 bits per heavy atom. The van der Waals surface area contributed by atoms with Crippen LogP contribution in [0.15, 0.2) is 42.5 Å². The van der Waals surface area contributed by atoms with Gasteiger partial charge in [-0.15, -0.1) is 0 Å². The van der Waals surface area contributed by atoms with Crippen molar-refractivity contribution in [3.63, 3.8) is 0 Å². The lowest BCUT2D eigenvalue weighted by Gasteiger charge is -2.15. The van der Waals surface area contributed by atoms with Crippen LogP contribution in [0.1, 0.15) is 23.6 Å². The van der Waals surface area contributed by atoms with Crippen LogP contribution in [0.3, 0.4) is 0 Å². The Labute approximate surface area is 111 Å². The number of aromatic hydroxyl groups is 1. The van der Waals surface area contributed by atoms with Gasteiger partial charge in [-0.25, -0.2) is 0 Å². The second kappa shape index (κ2) is 4.54. The third-order valence-electron chi connectivity index (χ3n) is 3.39. The molecule has 0 heterocycles. The summed E-state index contributed by atoms with van der Waals surface area (Å²) in [7, 11) is 0. The summed E-state index contributed by atoms with van der Waals surface area (Å²) in [6.07, 6.45) is 2.14. The maximum atomic E-state index is 9.26. The van der Waals surface area contributed by atoms with Gasteiger partial charge in [-0.3, -0.25) is 0 Å². The highest BCUT2D eigenvalue weighted by molar-refractivity contribution is 6.30. The number of hydrogen-bond acceptors (Lipinski definition) is 2. The molecule has 1 aliphatic carbocycles. The van der Waals surface area contributed by atoms with E-state index in [1.54, 1.807) is 12.1 Å². The van der Waals surface area contributed by atoms with Gasteiger partial charge in [0.15, 0.2) is 0 Å². The van der Waals surface area contributed by atoms with Gasteiger partial charge >= 0.3 is 0 Å². The lowest BCUT2D eigenvalue weighted by molar-refractivity contribution is 0.475. The monoisotopic (exact) mass is 259 g/mol. The number of anilines is 1. The fourth-order valence-electron chi connectivity index (χ4n) is 2.49. The molecule has 0 saturated heterocycles. The number of phenols is 1. The summed E-state index contributed by atoms with van der Waals surface area (Å²) in [4.78, 5) is 0. The molecule has 0 bridgehead atoms. The van der Waals surface area contributed by atoms with Crippen LogP contribution in [0.4, 0.5) is 5.69 Å².